The van der Waals surface area contributed by atoms with Gasteiger partial charge in [-0.15, -0.1) is 10.3 Å². The van der Waals surface area contributed by atoms with Crippen LogP contribution in [0.15, 0.2) is 6.08 Å². The molecule has 1 saturated carbocycles. The van der Waals surface area contributed by atoms with E-state index in [1.54, 1.807) is 0 Å². The minimum absolute atomic E-state index is 0.0366. The third-order valence-corrected chi connectivity index (χ3v) is 13.1. The number of aromatic nitrogens is 1. The second-order valence-corrected chi connectivity index (χ2v) is 16.8. The first kappa shape index (κ1) is 28.1. The van der Waals surface area contributed by atoms with Gasteiger partial charge in [-0.3, -0.25) is 4.98 Å². The van der Waals surface area contributed by atoms with E-state index < -0.39 is 10.3 Å². The molecule has 1 spiro atoms. The van der Waals surface area contributed by atoms with E-state index in [9.17, 15) is 4.79 Å². The number of ether oxygens (including phenoxy) is 3. The summed E-state index contributed by atoms with van der Waals surface area (Å²) in [5.74, 6) is -0.0558. The number of carbonyl (C=O) groups excluding carboxylic acids is 1. The van der Waals surface area contributed by atoms with Gasteiger partial charge in [-0.1, -0.05) is 33.3 Å². The quantitative estimate of drug-likeness (QED) is 0.362. The predicted molar refractivity (Wildman–Crippen MR) is 154 cm³/mol. The molecule has 0 N–H and O–H groups in total. The number of hydrogen-bond acceptors (Lipinski definition) is 6. The van der Waals surface area contributed by atoms with E-state index in [-0.39, 0.29) is 28.2 Å². The van der Waals surface area contributed by atoms with Crippen molar-refractivity contribution in [3.05, 3.63) is 34.2 Å². The van der Waals surface area contributed by atoms with Crippen molar-refractivity contribution in [3.8, 4) is 0 Å². The van der Waals surface area contributed by atoms with Gasteiger partial charge in [0.05, 0.1) is 37.2 Å². The van der Waals surface area contributed by atoms with Gasteiger partial charge in [-0.2, -0.15) is 0 Å². The van der Waals surface area contributed by atoms with Crippen LogP contribution in [0.5, 0.6) is 0 Å². The zero-order valence-electron chi connectivity index (χ0n) is 24.3. The molecule has 3 heterocycles. The van der Waals surface area contributed by atoms with Crippen LogP contribution >= 0.6 is 10.3 Å². The van der Waals surface area contributed by atoms with E-state index in [4.69, 9.17) is 23.4 Å². The van der Waals surface area contributed by atoms with E-state index in [0.29, 0.717) is 38.6 Å². The number of nitrogens with zero attached hydrogens (tertiary/aromatic N) is 1. The molecule has 2 fully saturated rings. The van der Waals surface area contributed by atoms with Gasteiger partial charge in [0.2, 0.25) is 0 Å². The van der Waals surface area contributed by atoms with Crippen molar-refractivity contribution < 1.29 is 23.2 Å². The molecular weight excluding hydrogens is 498 g/mol. The molecule has 5 rings (SSSR count). The normalized spacial score (nSPS) is 24.4. The van der Waals surface area contributed by atoms with Crippen LogP contribution in [0.2, 0.25) is 0 Å². The number of fused-ring (bicyclic) bond motifs is 1. The Kier molecular flexibility index (Phi) is 8.05. The smallest absolute Gasteiger partial charge is 0.340 e. The molecule has 1 unspecified atom stereocenters. The van der Waals surface area contributed by atoms with E-state index in [0.717, 1.165) is 54.6 Å². The van der Waals surface area contributed by atoms with Crippen LogP contribution in [0.25, 0.3) is 5.57 Å². The molecule has 1 aromatic rings. The van der Waals surface area contributed by atoms with Crippen molar-refractivity contribution in [2.45, 2.75) is 95.8 Å². The minimum atomic E-state index is -1.40. The molecule has 4 aliphatic rings. The standard InChI is InChI=1S/C31H47NO5S/c1-7-36-29(33)27-25(21-9-15-34-16-10-21)26-23(32-28(27)22-11-17-35-18-12-22)19-31(13-8-14-31)20-24(26)37-38(5,6)30(2,3)4/h9,22,24H,7-8,10-20H2,1-6H3. The molecule has 1 aromatic heterocycles. The average Bonchev–Trinajstić information content (AvgIpc) is 2.86. The van der Waals surface area contributed by atoms with Gasteiger partial charge >= 0.3 is 5.97 Å². The second kappa shape index (κ2) is 10.9. The fourth-order valence-corrected chi connectivity index (χ4v) is 7.45. The average molecular weight is 546 g/mol. The van der Waals surface area contributed by atoms with Crippen LogP contribution in [0.3, 0.4) is 0 Å². The molecule has 2 aliphatic heterocycles. The largest absolute Gasteiger partial charge is 0.462 e. The molecule has 0 bridgehead atoms. The topological polar surface area (TPSA) is 66.9 Å². The van der Waals surface area contributed by atoms with Crippen molar-refractivity contribution >= 4 is 21.9 Å². The van der Waals surface area contributed by atoms with Gasteiger partial charge in [0, 0.05) is 40.7 Å². The van der Waals surface area contributed by atoms with Gasteiger partial charge in [-0.05, 0) is 75.4 Å². The summed E-state index contributed by atoms with van der Waals surface area (Å²) in [7, 11) is -1.40. The van der Waals surface area contributed by atoms with Crippen LogP contribution in [-0.4, -0.2) is 61.2 Å². The molecule has 38 heavy (non-hydrogen) atoms. The zero-order valence-corrected chi connectivity index (χ0v) is 25.1. The molecule has 1 atom stereocenters. The van der Waals surface area contributed by atoms with E-state index in [1.165, 1.54) is 24.8 Å². The van der Waals surface area contributed by atoms with Gasteiger partial charge in [-0.25, -0.2) is 4.79 Å². The molecule has 0 aromatic carbocycles. The van der Waals surface area contributed by atoms with E-state index in [1.807, 2.05) is 6.92 Å². The Labute approximate surface area is 230 Å². The lowest BCUT2D eigenvalue weighted by Gasteiger charge is -2.52. The molecule has 0 radical (unpaired) electrons. The van der Waals surface area contributed by atoms with Crippen LogP contribution in [0, 0.1) is 5.41 Å². The number of pyridine rings is 1. The van der Waals surface area contributed by atoms with Crippen LogP contribution in [0.1, 0.15) is 118 Å². The fourth-order valence-electron chi connectivity index (χ4n) is 6.41. The summed E-state index contributed by atoms with van der Waals surface area (Å²) < 4.78 is 24.4. The number of rotatable bonds is 6. The summed E-state index contributed by atoms with van der Waals surface area (Å²) in [5.41, 5.74) is 6.39. The van der Waals surface area contributed by atoms with Gasteiger partial charge in [0.1, 0.15) is 0 Å². The first-order valence-electron chi connectivity index (χ1n) is 14.5. The highest BCUT2D eigenvalue weighted by Crippen LogP contribution is 2.62. The Morgan fingerprint density at radius 1 is 1.16 bits per heavy atom. The highest BCUT2D eigenvalue weighted by molar-refractivity contribution is 8.29. The maximum absolute atomic E-state index is 13.8. The third kappa shape index (κ3) is 5.33. The molecule has 6 nitrogen and oxygen atoms in total. The van der Waals surface area contributed by atoms with Crippen molar-refractivity contribution in [3.63, 3.8) is 0 Å². The zero-order chi connectivity index (χ0) is 27.1. The lowest BCUT2D eigenvalue weighted by atomic mass is 9.59. The highest BCUT2D eigenvalue weighted by Gasteiger charge is 2.48. The van der Waals surface area contributed by atoms with Crippen LogP contribution in [-0.2, 0) is 24.8 Å². The van der Waals surface area contributed by atoms with Crippen molar-refractivity contribution in [2.75, 3.05) is 45.5 Å². The van der Waals surface area contributed by atoms with E-state index >= 15 is 0 Å². The molecule has 1 saturated heterocycles. The monoisotopic (exact) mass is 545 g/mol. The number of esters is 1. The summed E-state index contributed by atoms with van der Waals surface area (Å²) in [4.78, 5) is 19.2. The lowest BCUT2D eigenvalue weighted by Crippen LogP contribution is -2.40. The number of hydrogen-bond donors (Lipinski definition) is 0. The maximum Gasteiger partial charge on any atom is 0.340 e. The Hall–Kier alpha value is -1.41. The second-order valence-electron chi connectivity index (χ2n) is 12.9. The van der Waals surface area contributed by atoms with Crippen LogP contribution in [0.4, 0.5) is 0 Å². The molecular formula is C31H47NO5S. The van der Waals surface area contributed by atoms with Crippen molar-refractivity contribution in [2.24, 2.45) is 5.41 Å². The minimum Gasteiger partial charge on any atom is -0.462 e. The number of carbonyl (C=O) groups is 1. The Morgan fingerprint density at radius 3 is 2.47 bits per heavy atom. The predicted octanol–water partition coefficient (Wildman–Crippen LogP) is 6.91. The Bertz CT molecular complexity index is 1080. The van der Waals surface area contributed by atoms with Gasteiger partial charge in [0.15, 0.2) is 0 Å². The Morgan fingerprint density at radius 2 is 1.89 bits per heavy atom. The SMILES string of the molecule is CCOC(=O)c1c(C2CCOCC2)nc2c(c1C1=CCOCC1)C(OS(C)(C)C(C)(C)C)CC1(CCC1)C2. The van der Waals surface area contributed by atoms with Gasteiger partial charge in [0.25, 0.3) is 0 Å². The van der Waals surface area contributed by atoms with Crippen LogP contribution < -0.4 is 0 Å². The molecule has 0 amide bonds. The molecule has 212 valence electrons. The summed E-state index contributed by atoms with van der Waals surface area (Å²) >= 11 is 0. The maximum atomic E-state index is 13.8. The highest BCUT2D eigenvalue weighted by atomic mass is 32.3. The third-order valence-electron chi connectivity index (χ3n) is 9.44. The first-order valence-corrected chi connectivity index (χ1v) is 16.9. The Balaban J connectivity index is 1.75. The first-order chi connectivity index (χ1) is 18.1. The fraction of sp³-hybridized carbons (Fsp3) is 0.742. The van der Waals surface area contributed by atoms with Gasteiger partial charge < -0.3 is 18.4 Å². The van der Waals surface area contributed by atoms with Crippen molar-refractivity contribution in [1.29, 1.82) is 0 Å². The summed E-state index contributed by atoms with van der Waals surface area (Å²) in [6.45, 7) is 11.7. The summed E-state index contributed by atoms with van der Waals surface area (Å²) in [5, 5.41) is 0. The molecule has 7 heteroatoms. The lowest BCUT2D eigenvalue weighted by molar-refractivity contribution is 0.0408. The summed E-state index contributed by atoms with van der Waals surface area (Å²) in [6.07, 6.45) is 14.9. The van der Waals surface area contributed by atoms with E-state index in [2.05, 4.69) is 39.4 Å². The molecule has 2 aliphatic carbocycles. The van der Waals surface area contributed by atoms with Crippen molar-refractivity contribution in [1.82, 2.24) is 4.98 Å². The summed E-state index contributed by atoms with van der Waals surface area (Å²) in [6, 6.07) is 0.